The molecule has 15 heavy (non-hydrogen) atoms. The highest BCUT2D eigenvalue weighted by atomic mass is 35.6. The van der Waals surface area contributed by atoms with Crippen molar-refractivity contribution in [1.29, 1.82) is 0 Å². The highest BCUT2D eigenvalue weighted by Gasteiger charge is 2.25. The van der Waals surface area contributed by atoms with Crippen molar-refractivity contribution in [3.05, 3.63) is 41.6 Å². The van der Waals surface area contributed by atoms with E-state index in [2.05, 4.69) is 4.98 Å². The predicted molar refractivity (Wildman–Crippen MR) is 65.7 cm³/mol. The van der Waals surface area contributed by atoms with Gasteiger partial charge in [0.2, 0.25) is 3.79 Å². The number of benzene rings is 1. The van der Waals surface area contributed by atoms with Gasteiger partial charge in [0.25, 0.3) is 0 Å². The van der Waals surface area contributed by atoms with Crippen LogP contribution in [-0.4, -0.2) is 4.98 Å². The lowest BCUT2D eigenvalue weighted by atomic mass is 10.1. The molecule has 0 aliphatic heterocycles. The normalized spacial score (nSPS) is 12.0. The number of hydrogen-bond acceptors (Lipinski definition) is 1. The third kappa shape index (κ3) is 2.20. The third-order valence-corrected chi connectivity index (χ3v) is 2.76. The Labute approximate surface area is 103 Å². The molecule has 0 aliphatic carbocycles. The Balaban J connectivity index is 2.77. The Morgan fingerprint density at radius 2 is 1.93 bits per heavy atom. The molecule has 1 aromatic carbocycles. The standard InChI is InChI=1S/C11H8Cl3N/c1-7-5-8-3-2-4-9(11(12,13)14)10(8)15-6-7/h2-6H,1H3. The average Bonchev–Trinajstić information content (AvgIpc) is 2.15. The summed E-state index contributed by atoms with van der Waals surface area (Å²) in [5.74, 6) is 0. The van der Waals surface area contributed by atoms with Gasteiger partial charge < -0.3 is 0 Å². The third-order valence-electron chi connectivity index (χ3n) is 2.15. The number of rotatable bonds is 0. The van der Waals surface area contributed by atoms with Crippen LogP contribution in [0.2, 0.25) is 0 Å². The van der Waals surface area contributed by atoms with Crippen LogP contribution >= 0.6 is 34.8 Å². The number of fused-ring (bicyclic) bond motifs is 1. The smallest absolute Gasteiger partial charge is 0.218 e. The zero-order valence-corrected chi connectivity index (χ0v) is 10.2. The molecule has 0 spiro atoms. The molecule has 0 aliphatic rings. The zero-order chi connectivity index (χ0) is 11.1. The van der Waals surface area contributed by atoms with Gasteiger partial charge in [-0.15, -0.1) is 0 Å². The maximum absolute atomic E-state index is 5.87. The maximum atomic E-state index is 5.87. The van der Waals surface area contributed by atoms with Gasteiger partial charge >= 0.3 is 0 Å². The fourth-order valence-corrected chi connectivity index (χ4v) is 1.96. The molecule has 0 atom stereocenters. The predicted octanol–water partition coefficient (Wildman–Crippen LogP) is 4.37. The zero-order valence-electron chi connectivity index (χ0n) is 7.97. The molecule has 0 radical (unpaired) electrons. The van der Waals surface area contributed by atoms with Gasteiger partial charge in [-0.25, -0.2) is 0 Å². The van der Waals surface area contributed by atoms with Crippen molar-refractivity contribution in [2.24, 2.45) is 0 Å². The molecule has 78 valence electrons. The molecular formula is C11H8Cl3N. The number of hydrogen-bond donors (Lipinski definition) is 0. The number of nitrogens with zero attached hydrogens (tertiary/aromatic N) is 1. The van der Waals surface area contributed by atoms with Crippen molar-refractivity contribution >= 4 is 45.7 Å². The molecule has 0 saturated carbocycles. The molecule has 4 heteroatoms. The summed E-state index contributed by atoms with van der Waals surface area (Å²) in [6, 6.07) is 7.61. The Kier molecular flexibility index (Phi) is 2.80. The quantitative estimate of drug-likeness (QED) is 0.641. The first-order chi connectivity index (χ1) is 6.98. The number of halogens is 3. The molecular weight excluding hydrogens is 252 g/mol. The highest BCUT2D eigenvalue weighted by Crippen LogP contribution is 2.40. The van der Waals surface area contributed by atoms with Crippen LogP contribution in [-0.2, 0) is 3.79 Å². The van der Waals surface area contributed by atoms with Gasteiger partial charge in [0.05, 0.1) is 5.52 Å². The SMILES string of the molecule is Cc1cnc2c(C(Cl)(Cl)Cl)cccc2c1. The average molecular weight is 261 g/mol. The van der Waals surface area contributed by atoms with E-state index in [0.29, 0.717) is 5.56 Å². The summed E-state index contributed by atoms with van der Waals surface area (Å²) in [4.78, 5) is 4.29. The number of aromatic nitrogens is 1. The fraction of sp³-hybridized carbons (Fsp3) is 0.182. The molecule has 2 aromatic rings. The van der Waals surface area contributed by atoms with Crippen LogP contribution in [0.5, 0.6) is 0 Å². The minimum absolute atomic E-state index is 0.616. The summed E-state index contributed by atoms with van der Waals surface area (Å²) >= 11 is 17.6. The summed E-state index contributed by atoms with van der Waals surface area (Å²) in [5, 5.41) is 0.985. The van der Waals surface area contributed by atoms with E-state index in [1.807, 2.05) is 25.1 Å². The minimum atomic E-state index is -1.43. The first kappa shape index (κ1) is 11.0. The second-order valence-electron chi connectivity index (χ2n) is 3.39. The molecule has 0 N–H and O–H groups in total. The van der Waals surface area contributed by atoms with Gasteiger partial charge in [-0.05, 0) is 18.6 Å². The van der Waals surface area contributed by atoms with Gasteiger partial charge in [0, 0.05) is 17.1 Å². The van der Waals surface area contributed by atoms with E-state index in [1.54, 1.807) is 12.3 Å². The van der Waals surface area contributed by atoms with Crippen LogP contribution in [0.25, 0.3) is 10.9 Å². The van der Waals surface area contributed by atoms with Crippen LogP contribution in [0.15, 0.2) is 30.5 Å². The van der Waals surface area contributed by atoms with Crippen molar-refractivity contribution < 1.29 is 0 Å². The van der Waals surface area contributed by atoms with Crippen molar-refractivity contribution in [3.8, 4) is 0 Å². The molecule has 0 bridgehead atoms. The molecule has 1 nitrogen and oxygen atoms in total. The van der Waals surface area contributed by atoms with E-state index in [1.165, 1.54) is 0 Å². The number of alkyl halides is 3. The highest BCUT2D eigenvalue weighted by molar-refractivity contribution is 6.67. The van der Waals surface area contributed by atoms with Crippen LogP contribution in [0, 0.1) is 6.92 Å². The van der Waals surface area contributed by atoms with Crippen LogP contribution < -0.4 is 0 Å². The summed E-state index contributed by atoms with van der Waals surface area (Å²) in [7, 11) is 0. The minimum Gasteiger partial charge on any atom is -0.256 e. The second-order valence-corrected chi connectivity index (χ2v) is 5.67. The van der Waals surface area contributed by atoms with Gasteiger partial charge in [0.15, 0.2) is 0 Å². The Morgan fingerprint density at radius 1 is 1.20 bits per heavy atom. The van der Waals surface area contributed by atoms with Crippen molar-refractivity contribution in [2.75, 3.05) is 0 Å². The van der Waals surface area contributed by atoms with Gasteiger partial charge in [-0.1, -0.05) is 53.0 Å². The van der Waals surface area contributed by atoms with Crippen molar-refractivity contribution in [2.45, 2.75) is 10.7 Å². The van der Waals surface area contributed by atoms with Crippen molar-refractivity contribution in [3.63, 3.8) is 0 Å². The monoisotopic (exact) mass is 259 g/mol. The topological polar surface area (TPSA) is 12.9 Å². The Bertz CT molecular complexity index is 503. The first-order valence-corrected chi connectivity index (χ1v) is 5.54. The number of aryl methyl sites for hydroxylation is 1. The largest absolute Gasteiger partial charge is 0.256 e. The van der Waals surface area contributed by atoms with Gasteiger partial charge in [-0.3, -0.25) is 4.98 Å². The number of pyridine rings is 1. The Morgan fingerprint density at radius 3 is 2.60 bits per heavy atom. The van der Waals surface area contributed by atoms with E-state index >= 15 is 0 Å². The van der Waals surface area contributed by atoms with Gasteiger partial charge in [-0.2, -0.15) is 0 Å². The molecule has 2 rings (SSSR count). The lowest BCUT2D eigenvalue weighted by molar-refractivity contribution is 1.23. The fourth-order valence-electron chi connectivity index (χ4n) is 1.50. The maximum Gasteiger partial charge on any atom is 0.218 e. The summed E-state index contributed by atoms with van der Waals surface area (Å²) in [6.45, 7) is 1.98. The molecule has 1 heterocycles. The summed E-state index contributed by atoms with van der Waals surface area (Å²) < 4.78 is -1.43. The second kappa shape index (κ2) is 3.82. The van der Waals surface area contributed by atoms with Gasteiger partial charge in [0.1, 0.15) is 0 Å². The van der Waals surface area contributed by atoms with E-state index in [-0.39, 0.29) is 0 Å². The van der Waals surface area contributed by atoms with Crippen molar-refractivity contribution in [1.82, 2.24) is 4.98 Å². The lowest BCUT2D eigenvalue weighted by Crippen LogP contribution is -2.02. The number of para-hydroxylation sites is 1. The van der Waals surface area contributed by atoms with Crippen LogP contribution in [0.3, 0.4) is 0 Å². The van der Waals surface area contributed by atoms with E-state index in [9.17, 15) is 0 Å². The molecule has 1 aromatic heterocycles. The lowest BCUT2D eigenvalue weighted by Gasteiger charge is -2.13. The van der Waals surface area contributed by atoms with E-state index in [0.717, 1.165) is 16.5 Å². The van der Waals surface area contributed by atoms with E-state index < -0.39 is 3.79 Å². The van der Waals surface area contributed by atoms with E-state index in [4.69, 9.17) is 34.8 Å². The summed E-state index contributed by atoms with van der Waals surface area (Å²) in [5.41, 5.74) is 2.44. The Hall–Kier alpha value is -0.500. The molecule has 0 unspecified atom stereocenters. The van der Waals surface area contributed by atoms with Crippen LogP contribution in [0.4, 0.5) is 0 Å². The molecule has 0 fully saturated rings. The first-order valence-electron chi connectivity index (χ1n) is 4.41. The molecule has 0 amide bonds. The molecule has 0 saturated heterocycles. The summed E-state index contributed by atoms with van der Waals surface area (Å²) in [6.07, 6.45) is 1.77. The van der Waals surface area contributed by atoms with Crippen LogP contribution in [0.1, 0.15) is 11.1 Å².